The zero-order valence-electron chi connectivity index (χ0n) is 20.0. The van der Waals surface area contributed by atoms with Crippen LogP contribution in [-0.2, 0) is 17.9 Å². The number of fused-ring (bicyclic) bond motifs is 2. The van der Waals surface area contributed by atoms with E-state index in [2.05, 4.69) is 39.8 Å². The first kappa shape index (κ1) is 23.5. The third-order valence-electron chi connectivity index (χ3n) is 6.60. The molecule has 2 aromatic heterocycles. The molecule has 2 N–H and O–H groups in total. The molecular formula is C27H29ClN6O. The number of benzene rings is 2. The summed E-state index contributed by atoms with van der Waals surface area (Å²) in [5, 5.41) is 3.65. The Bertz CT molecular complexity index is 1390. The molecule has 180 valence electrons. The Morgan fingerprint density at radius 1 is 1.03 bits per heavy atom. The van der Waals surface area contributed by atoms with Crippen molar-refractivity contribution < 1.29 is 4.79 Å². The van der Waals surface area contributed by atoms with Crippen LogP contribution in [0.15, 0.2) is 55.0 Å². The van der Waals surface area contributed by atoms with Crippen molar-refractivity contribution in [1.29, 1.82) is 0 Å². The summed E-state index contributed by atoms with van der Waals surface area (Å²) in [5.74, 6) is 1.03. The first-order chi connectivity index (χ1) is 16.9. The SMILES string of the molecule is CC(C)C[C@H]1C(=O)N(Cc2ccc3c(N)ncnc3c2)CCN1Cc1cc2ccc(Cl)cc2cn1. The van der Waals surface area contributed by atoms with E-state index in [1.54, 1.807) is 0 Å². The molecule has 0 bridgehead atoms. The Morgan fingerprint density at radius 2 is 1.89 bits per heavy atom. The van der Waals surface area contributed by atoms with Crippen LogP contribution < -0.4 is 5.73 Å². The highest BCUT2D eigenvalue weighted by Crippen LogP contribution is 2.25. The van der Waals surface area contributed by atoms with Crippen LogP contribution in [0.5, 0.6) is 0 Å². The summed E-state index contributed by atoms with van der Waals surface area (Å²) in [7, 11) is 0. The summed E-state index contributed by atoms with van der Waals surface area (Å²) in [4.78, 5) is 30.9. The maximum absolute atomic E-state index is 13.6. The number of pyridine rings is 1. The number of hydrogen-bond acceptors (Lipinski definition) is 6. The Morgan fingerprint density at radius 3 is 2.71 bits per heavy atom. The smallest absolute Gasteiger partial charge is 0.240 e. The van der Waals surface area contributed by atoms with E-state index in [4.69, 9.17) is 17.3 Å². The van der Waals surface area contributed by atoms with E-state index in [1.165, 1.54) is 6.33 Å². The van der Waals surface area contributed by atoms with Crippen LogP contribution in [0.4, 0.5) is 5.82 Å². The topological polar surface area (TPSA) is 88.2 Å². The van der Waals surface area contributed by atoms with Crippen molar-refractivity contribution in [3.8, 4) is 0 Å². The van der Waals surface area contributed by atoms with Gasteiger partial charge in [0.2, 0.25) is 5.91 Å². The van der Waals surface area contributed by atoms with E-state index in [0.717, 1.165) is 45.9 Å². The van der Waals surface area contributed by atoms with Crippen LogP contribution in [0.2, 0.25) is 5.02 Å². The fourth-order valence-corrected chi connectivity index (χ4v) is 5.00. The van der Waals surface area contributed by atoms with E-state index in [0.29, 0.717) is 36.4 Å². The maximum atomic E-state index is 13.6. The fraction of sp³-hybridized carbons (Fsp3) is 0.333. The number of nitrogens with zero attached hydrogens (tertiary/aromatic N) is 5. The lowest BCUT2D eigenvalue weighted by Crippen LogP contribution is -2.56. The zero-order chi connectivity index (χ0) is 24.5. The number of rotatable bonds is 6. The van der Waals surface area contributed by atoms with Crippen molar-refractivity contribution in [2.75, 3.05) is 18.8 Å². The molecule has 1 aliphatic rings. The Kier molecular flexibility index (Phi) is 6.54. The number of halogens is 1. The number of aromatic nitrogens is 3. The molecule has 4 aromatic rings. The van der Waals surface area contributed by atoms with Crippen molar-refractivity contribution in [1.82, 2.24) is 24.8 Å². The largest absolute Gasteiger partial charge is 0.383 e. The van der Waals surface area contributed by atoms with Gasteiger partial charge < -0.3 is 10.6 Å². The third-order valence-corrected chi connectivity index (χ3v) is 6.84. The number of nitrogen functional groups attached to an aromatic ring is 1. The van der Waals surface area contributed by atoms with Crippen LogP contribution in [-0.4, -0.2) is 49.8 Å². The standard InChI is InChI=1S/C27H29ClN6O/c1-17(2)9-25-27(35)34(14-18-3-6-23-24(10-18)31-16-32-26(23)29)8-7-33(25)15-22-12-19-4-5-21(28)11-20(19)13-30-22/h3-6,10-13,16-17,25H,7-9,14-15H2,1-2H3,(H2,29,31,32)/t25-/m0/s1. The van der Waals surface area contributed by atoms with Gasteiger partial charge in [0, 0.05) is 48.2 Å². The minimum Gasteiger partial charge on any atom is -0.383 e. The van der Waals surface area contributed by atoms with Gasteiger partial charge >= 0.3 is 0 Å². The number of anilines is 1. The van der Waals surface area contributed by atoms with E-state index < -0.39 is 0 Å². The van der Waals surface area contributed by atoms with Crippen molar-refractivity contribution in [2.24, 2.45) is 5.92 Å². The quantitative estimate of drug-likeness (QED) is 0.424. The summed E-state index contributed by atoms with van der Waals surface area (Å²) in [5.41, 5.74) is 8.75. The van der Waals surface area contributed by atoms with E-state index in [1.807, 2.05) is 47.5 Å². The third kappa shape index (κ3) is 5.06. The van der Waals surface area contributed by atoms with Gasteiger partial charge in [-0.05, 0) is 53.6 Å². The van der Waals surface area contributed by atoms with E-state index in [9.17, 15) is 4.79 Å². The van der Waals surface area contributed by atoms with Gasteiger partial charge in [-0.15, -0.1) is 0 Å². The average molecular weight is 489 g/mol. The summed E-state index contributed by atoms with van der Waals surface area (Å²) in [6, 6.07) is 13.7. The number of carbonyl (C=O) groups excluding carboxylic acids is 1. The lowest BCUT2D eigenvalue weighted by Gasteiger charge is -2.41. The molecule has 0 spiro atoms. The van der Waals surface area contributed by atoms with Gasteiger partial charge in [0.25, 0.3) is 0 Å². The molecule has 1 atom stereocenters. The molecule has 3 heterocycles. The van der Waals surface area contributed by atoms with Crippen molar-refractivity contribution in [3.63, 3.8) is 0 Å². The molecule has 7 nitrogen and oxygen atoms in total. The highest BCUT2D eigenvalue weighted by Gasteiger charge is 2.35. The summed E-state index contributed by atoms with van der Waals surface area (Å²) in [6.07, 6.45) is 4.14. The van der Waals surface area contributed by atoms with Crippen LogP contribution in [0.3, 0.4) is 0 Å². The predicted octanol–water partition coefficient (Wildman–Crippen LogP) is 4.67. The van der Waals surface area contributed by atoms with E-state index >= 15 is 0 Å². The highest BCUT2D eigenvalue weighted by molar-refractivity contribution is 6.31. The van der Waals surface area contributed by atoms with Crippen molar-refractivity contribution >= 4 is 45.0 Å². The van der Waals surface area contributed by atoms with E-state index in [-0.39, 0.29) is 11.9 Å². The van der Waals surface area contributed by atoms with Crippen LogP contribution >= 0.6 is 11.6 Å². The monoisotopic (exact) mass is 488 g/mol. The summed E-state index contributed by atoms with van der Waals surface area (Å²) in [6.45, 7) is 6.98. The number of piperazine rings is 1. The lowest BCUT2D eigenvalue weighted by molar-refractivity contribution is -0.143. The van der Waals surface area contributed by atoms with Gasteiger partial charge in [0.1, 0.15) is 12.1 Å². The minimum atomic E-state index is -0.176. The van der Waals surface area contributed by atoms with Crippen LogP contribution in [0.25, 0.3) is 21.7 Å². The van der Waals surface area contributed by atoms with Crippen molar-refractivity contribution in [3.05, 3.63) is 71.3 Å². The van der Waals surface area contributed by atoms with Gasteiger partial charge in [-0.3, -0.25) is 14.7 Å². The summed E-state index contributed by atoms with van der Waals surface area (Å²) >= 11 is 6.11. The average Bonchev–Trinajstić information content (AvgIpc) is 2.83. The van der Waals surface area contributed by atoms with Gasteiger partial charge in [-0.1, -0.05) is 37.6 Å². The fourth-order valence-electron chi connectivity index (χ4n) is 4.82. The maximum Gasteiger partial charge on any atom is 0.240 e. The normalized spacial score (nSPS) is 17.1. The molecule has 8 heteroatoms. The molecule has 2 aromatic carbocycles. The second-order valence-corrected chi connectivity index (χ2v) is 10.1. The molecule has 1 saturated heterocycles. The van der Waals surface area contributed by atoms with Gasteiger partial charge in [0.15, 0.2) is 0 Å². The van der Waals surface area contributed by atoms with Gasteiger partial charge in [-0.25, -0.2) is 9.97 Å². The molecule has 0 aliphatic carbocycles. The van der Waals surface area contributed by atoms with Crippen molar-refractivity contribution in [2.45, 2.75) is 39.4 Å². The predicted molar refractivity (Wildman–Crippen MR) is 140 cm³/mol. The zero-order valence-corrected chi connectivity index (χ0v) is 20.7. The number of hydrogen-bond donors (Lipinski definition) is 1. The molecule has 0 unspecified atom stereocenters. The number of nitrogens with two attached hydrogens (primary N) is 1. The highest BCUT2D eigenvalue weighted by atomic mass is 35.5. The molecule has 1 amide bonds. The van der Waals surface area contributed by atoms with Gasteiger partial charge in [-0.2, -0.15) is 0 Å². The molecule has 5 rings (SSSR count). The number of amides is 1. The minimum absolute atomic E-state index is 0.166. The first-order valence-electron chi connectivity index (χ1n) is 11.9. The second kappa shape index (κ2) is 9.76. The Hall–Kier alpha value is -3.29. The first-order valence-corrected chi connectivity index (χ1v) is 12.3. The molecule has 1 fully saturated rings. The van der Waals surface area contributed by atoms with Crippen LogP contribution in [0.1, 0.15) is 31.5 Å². The lowest BCUT2D eigenvalue weighted by atomic mass is 9.98. The second-order valence-electron chi connectivity index (χ2n) is 9.65. The number of carbonyl (C=O) groups is 1. The molecule has 1 aliphatic heterocycles. The molecule has 35 heavy (non-hydrogen) atoms. The Balaban J connectivity index is 1.34. The van der Waals surface area contributed by atoms with Crippen LogP contribution in [0, 0.1) is 5.92 Å². The Labute approximate surface area is 209 Å². The summed E-state index contributed by atoms with van der Waals surface area (Å²) < 4.78 is 0. The molecule has 0 radical (unpaired) electrons. The molecule has 0 saturated carbocycles. The molecular weight excluding hydrogens is 460 g/mol. The van der Waals surface area contributed by atoms with Gasteiger partial charge in [0.05, 0.1) is 17.3 Å².